The molecule has 0 aliphatic carbocycles. The summed E-state index contributed by atoms with van der Waals surface area (Å²) in [5.41, 5.74) is 0.990. The third-order valence-corrected chi connectivity index (χ3v) is 4.65. The van der Waals surface area contributed by atoms with Gasteiger partial charge in [0, 0.05) is 25.5 Å². The van der Waals surface area contributed by atoms with Gasteiger partial charge in [-0.1, -0.05) is 6.07 Å². The van der Waals surface area contributed by atoms with Gasteiger partial charge in [0.15, 0.2) is 11.5 Å². The first-order valence-electron chi connectivity index (χ1n) is 8.73. The number of ether oxygens (including phenoxy) is 2. The Hall–Kier alpha value is -2.70. The normalized spacial score (nSPS) is 19.5. The predicted octanol–water partition coefficient (Wildman–Crippen LogP) is 2.62. The molecule has 7 heteroatoms. The fourth-order valence-corrected chi connectivity index (χ4v) is 3.40. The van der Waals surface area contributed by atoms with Crippen molar-refractivity contribution in [1.29, 1.82) is 0 Å². The minimum atomic E-state index is -0.0593. The quantitative estimate of drug-likeness (QED) is 0.899. The Morgan fingerprint density at radius 1 is 1.28 bits per heavy atom. The maximum absolute atomic E-state index is 12.7. The monoisotopic (exact) mass is 342 g/mol. The van der Waals surface area contributed by atoms with E-state index in [4.69, 9.17) is 9.47 Å². The van der Waals surface area contributed by atoms with Crippen LogP contribution in [0.3, 0.4) is 0 Å². The van der Waals surface area contributed by atoms with E-state index in [2.05, 4.69) is 15.3 Å². The molecular weight excluding hydrogens is 320 g/mol. The van der Waals surface area contributed by atoms with Crippen LogP contribution in [0.25, 0.3) is 0 Å². The molecule has 1 fully saturated rings. The smallest absolute Gasteiger partial charge is 0.318 e. The first-order chi connectivity index (χ1) is 12.3. The number of aromatic amines is 1. The molecule has 2 N–H and O–H groups in total. The summed E-state index contributed by atoms with van der Waals surface area (Å²) in [6.07, 6.45) is 6.60. The Bertz CT molecular complexity index is 732. The number of carbonyl (C=O) groups excluding carboxylic acids is 1. The number of amides is 2. The zero-order valence-corrected chi connectivity index (χ0v) is 14.0. The number of carbonyl (C=O) groups is 1. The average Bonchev–Trinajstić information content (AvgIpc) is 3.20. The van der Waals surface area contributed by atoms with Gasteiger partial charge in [0.05, 0.1) is 6.04 Å². The third kappa shape index (κ3) is 3.40. The van der Waals surface area contributed by atoms with Crippen LogP contribution in [0.5, 0.6) is 11.5 Å². The standard InChI is InChI=1S/C18H22N4O3/c23-18(22-8-2-1-3-14(22)17-19-6-7-20-17)21-12-13-4-5-15-16(11-13)25-10-9-24-15/h4-7,11,14H,1-3,8-10,12H2,(H,19,20)(H,21,23). The van der Waals surface area contributed by atoms with Gasteiger partial charge in [-0.15, -0.1) is 0 Å². The van der Waals surface area contributed by atoms with Gasteiger partial charge in [-0.2, -0.15) is 0 Å². The van der Waals surface area contributed by atoms with E-state index in [1.54, 1.807) is 12.4 Å². The fraction of sp³-hybridized carbons (Fsp3) is 0.444. The molecule has 0 bridgehead atoms. The number of H-pyrrole nitrogens is 1. The van der Waals surface area contributed by atoms with Crippen molar-refractivity contribution in [1.82, 2.24) is 20.2 Å². The molecular formula is C18H22N4O3. The number of benzene rings is 1. The van der Waals surface area contributed by atoms with E-state index in [0.29, 0.717) is 19.8 Å². The van der Waals surface area contributed by atoms with Crippen molar-refractivity contribution >= 4 is 6.03 Å². The summed E-state index contributed by atoms with van der Waals surface area (Å²) >= 11 is 0. The second-order valence-corrected chi connectivity index (χ2v) is 6.32. The SMILES string of the molecule is O=C(NCc1ccc2c(c1)OCCO2)N1CCCCC1c1ncc[nH]1. The highest BCUT2D eigenvalue weighted by molar-refractivity contribution is 5.74. The van der Waals surface area contributed by atoms with E-state index in [9.17, 15) is 4.79 Å². The summed E-state index contributed by atoms with van der Waals surface area (Å²) in [5.74, 6) is 2.36. The molecule has 1 aromatic carbocycles. The lowest BCUT2D eigenvalue weighted by Gasteiger charge is -2.34. The molecule has 3 heterocycles. The lowest BCUT2D eigenvalue weighted by molar-refractivity contribution is 0.147. The van der Waals surface area contributed by atoms with Crippen molar-refractivity contribution in [2.45, 2.75) is 31.8 Å². The number of imidazole rings is 1. The Morgan fingerprint density at radius 2 is 2.16 bits per heavy atom. The average molecular weight is 342 g/mol. The summed E-state index contributed by atoms with van der Waals surface area (Å²) in [6.45, 7) is 2.34. The maximum Gasteiger partial charge on any atom is 0.318 e. The number of nitrogens with one attached hydrogen (secondary N) is 2. The van der Waals surface area contributed by atoms with Crippen LogP contribution >= 0.6 is 0 Å². The number of piperidine rings is 1. The van der Waals surface area contributed by atoms with Crippen LogP contribution in [0.2, 0.25) is 0 Å². The van der Waals surface area contributed by atoms with Crippen LogP contribution in [0.15, 0.2) is 30.6 Å². The Labute approximate surface area is 146 Å². The summed E-state index contributed by atoms with van der Waals surface area (Å²) in [5, 5.41) is 3.02. The summed E-state index contributed by atoms with van der Waals surface area (Å²) in [7, 11) is 0. The molecule has 4 rings (SSSR count). The van der Waals surface area contributed by atoms with Crippen LogP contribution in [0.1, 0.15) is 36.7 Å². The summed E-state index contributed by atoms with van der Waals surface area (Å²) in [6, 6.07) is 5.73. The van der Waals surface area contributed by atoms with Crippen molar-refractivity contribution in [3.05, 3.63) is 42.0 Å². The molecule has 1 saturated heterocycles. The minimum absolute atomic E-state index is 0.0176. The lowest BCUT2D eigenvalue weighted by Crippen LogP contribution is -2.44. The van der Waals surface area contributed by atoms with E-state index in [1.165, 1.54) is 0 Å². The molecule has 0 saturated carbocycles. The van der Waals surface area contributed by atoms with Crippen molar-refractivity contribution in [3.8, 4) is 11.5 Å². The zero-order valence-electron chi connectivity index (χ0n) is 14.0. The van der Waals surface area contributed by atoms with E-state index in [1.807, 2.05) is 23.1 Å². The van der Waals surface area contributed by atoms with Crippen molar-refractivity contribution in [2.24, 2.45) is 0 Å². The molecule has 132 valence electrons. The highest BCUT2D eigenvalue weighted by Crippen LogP contribution is 2.31. The minimum Gasteiger partial charge on any atom is -0.486 e. The molecule has 25 heavy (non-hydrogen) atoms. The Morgan fingerprint density at radius 3 is 3.00 bits per heavy atom. The lowest BCUT2D eigenvalue weighted by atomic mass is 10.0. The van der Waals surface area contributed by atoms with Gasteiger partial charge < -0.3 is 24.7 Å². The number of nitrogens with zero attached hydrogens (tertiary/aromatic N) is 2. The Kier molecular flexibility index (Phi) is 4.45. The second-order valence-electron chi connectivity index (χ2n) is 6.32. The van der Waals surface area contributed by atoms with Crippen molar-refractivity contribution in [3.63, 3.8) is 0 Å². The van der Waals surface area contributed by atoms with Gasteiger partial charge in [0.25, 0.3) is 0 Å². The van der Waals surface area contributed by atoms with Crippen molar-refractivity contribution < 1.29 is 14.3 Å². The van der Waals surface area contributed by atoms with Gasteiger partial charge in [0.2, 0.25) is 0 Å². The van der Waals surface area contributed by atoms with E-state index in [-0.39, 0.29) is 12.1 Å². The predicted molar refractivity (Wildman–Crippen MR) is 91.6 cm³/mol. The molecule has 1 atom stereocenters. The number of rotatable bonds is 3. The molecule has 2 aliphatic heterocycles. The van der Waals surface area contributed by atoms with Gasteiger partial charge >= 0.3 is 6.03 Å². The van der Waals surface area contributed by atoms with Crippen LogP contribution in [0, 0.1) is 0 Å². The number of hydrogen-bond acceptors (Lipinski definition) is 4. The number of hydrogen-bond donors (Lipinski definition) is 2. The topological polar surface area (TPSA) is 79.5 Å². The van der Waals surface area contributed by atoms with Crippen LogP contribution < -0.4 is 14.8 Å². The molecule has 0 spiro atoms. The molecule has 1 aromatic heterocycles. The van der Waals surface area contributed by atoms with Crippen LogP contribution in [-0.4, -0.2) is 40.7 Å². The summed E-state index contributed by atoms with van der Waals surface area (Å²) in [4.78, 5) is 22.0. The molecule has 2 aliphatic rings. The first-order valence-corrected chi connectivity index (χ1v) is 8.73. The fourth-order valence-electron chi connectivity index (χ4n) is 3.40. The van der Waals surface area contributed by atoms with E-state index in [0.717, 1.165) is 48.7 Å². The van der Waals surface area contributed by atoms with Gasteiger partial charge in [-0.25, -0.2) is 9.78 Å². The number of urea groups is 1. The highest BCUT2D eigenvalue weighted by Gasteiger charge is 2.29. The number of aromatic nitrogens is 2. The molecule has 0 radical (unpaired) electrons. The van der Waals surface area contributed by atoms with Gasteiger partial charge in [0.1, 0.15) is 19.0 Å². The highest BCUT2D eigenvalue weighted by atomic mass is 16.6. The maximum atomic E-state index is 12.7. The molecule has 2 aromatic rings. The third-order valence-electron chi connectivity index (χ3n) is 4.65. The summed E-state index contributed by atoms with van der Waals surface area (Å²) < 4.78 is 11.1. The van der Waals surface area contributed by atoms with E-state index >= 15 is 0 Å². The Balaban J connectivity index is 1.41. The molecule has 1 unspecified atom stereocenters. The largest absolute Gasteiger partial charge is 0.486 e. The van der Waals surface area contributed by atoms with Crippen LogP contribution in [-0.2, 0) is 6.54 Å². The zero-order chi connectivity index (χ0) is 17.1. The van der Waals surface area contributed by atoms with Crippen molar-refractivity contribution in [2.75, 3.05) is 19.8 Å². The molecule has 7 nitrogen and oxygen atoms in total. The second kappa shape index (κ2) is 7.04. The number of likely N-dealkylation sites (tertiary alicyclic amines) is 1. The molecule has 2 amide bonds. The van der Waals surface area contributed by atoms with Crippen LogP contribution in [0.4, 0.5) is 4.79 Å². The van der Waals surface area contributed by atoms with Gasteiger partial charge in [-0.3, -0.25) is 0 Å². The van der Waals surface area contributed by atoms with Gasteiger partial charge in [-0.05, 0) is 37.0 Å². The van der Waals surface area contributed by atoms with E-state index < -0.39 is 0 Å². The first kappa shape index (κ1) is 15.8. The number of fused-ring (bicyclic) bond motifs is 1.